The Morgan fingerprint density at radius 2 is 2.06 bits per heavy atom. The van der Waals surface area contributed by atoms with Crippen molar-refractivity contribution in [3.63, 3.8) is 0 Å². The molecule has 0 aliphatic carbocycles. The highest BCUT2D eigenvalue weighted by atomic mass is 16.2. The number of aromatic nitrogens is 3. The molecule has 2 rings (SSSR count). The zero-order valence-corrected chi connectivity index (χ0v) is 9.96. The van der Waals surface area contributed by atoms with Crippen molar-refractivity contribution in [2.24, 2.45) is 0 Å². The van der Waals surface area contributed by atoms with Crippen LogP contribution in [0.15, 0.2) is 12.7 Å². The number of carbonyl (C=O) groups excluding carboxylic acids is 1. The maximum absolute atomic E-state index is 12.0. The van der Waals surface area contributed by atoms with Crippen LogP contribution in [-0.4, -0.2) is 40.0 Å². The number of hydrogen-bond donors (Lipinski definition) is 1. The van der Waals surface area contributed by atoms with Gasteiger partial charge in [-0.2, -0.15) is 0 Å². The fraction of sp³-hybridized carbons (Fsp3) is 0.636. The molecule has 0 unspecified atom stereocenters. The van der Waals surface area contributed by atoms with E-state index >= 15 is 0 Å². The van der Waals surface area contributed by atoms with E-state index in [2.05, 4.69) is 20.3 Å². The van der Waals surface area contributed by atoms with Crippen molar-refractivity contribution in [1.82, 2.24) is 20.3 Å². The Labute approximate surface area is 100 Å². The fourth-order valence-electron chi connectivity index (χ4n) is 2.07. The molecule has 0 spiro atoms. The lowest BCUT2D eigenvalue weighted by molar-refractivity contribution is -0.119. The van der Waals surface area contributed by atoms with Crippen molar-refractivity contribution in [3.8, 4) is 0 Å². The summed E-state index contributed by atoms with van der Waals surface area (Å²) in [5, 5.41) is 3.29. The van der Waals surface area contributed by atoms with E-state index in [0.717, 1.165) is 25.9 Å². The molecule has 1 N–H and O–H groups in total. The highest BCUT2D eigenvalue weighted by Crippen LogP contribution is 2.18. The maximum Gasteiger partial charge on any atom is 0.235 e. The van der Waals surface area contributed by atoms with Crippen LogP contribution in [0.3, 0.4) is 0 Å². The smallest absolute Gasteiger partial charge is 0.235 e. The second-order valence-corrected chi connectivity index (χ2v) is 4.04. The first kappa shape index (κ1) is 11.9. The summed E-state index contributed by atoms with van der Waals surface area (Å²) in [6.07, 6.45) is 5.21. The molecule has 6 nitrogen and oxygen atoms in total. The lowest BCUT2D eigenvalue weighted by atomic mass is 10.0. The minimum absolute atomic E-state index is 0.0723. The van der Waals surface area contributed by atoms with Gasteiger partial charge in [0.05, 0.1) is 0 Å². The molecule has 0 bridgehead atoms. The van der Waals surface area contributed by atoms with E-state index in [9.17, 15) is 4.79 Å². The van der Waals surface area contributed by atoms with E-state index in [0.29, 0.717) is 12.4 Å². The van der Waals surface area contributed by atoms with Gasteiger partial charge in [0.1, 0.15) is 12.7 Å². The third kappa shape index (κ3) is 2.76. The Kier molecular flexibility index (Phi) is 3.98. The highest BCUT2D eigenvalue weighted by molar-refractivity contribution is 5.91. The second-order valence-electron chi connectivity index (χ2n) is 4.04. The largest absolute Gasteiger partial charge is 0.317 e. The number of nitrogens with one attached hydrogen (secondary N) is 1. The van der Waals surface area contributed by atoms with Crippen LogP contribution < -0.4 is 10.2 Å². The summed E-state index contributed by atoms with van der Waals surface area (Å²) in [7, 11) is 0. The van der Waals surface area contributed by atoms with Gasteiger partial charge in [0.2, 0.25) is 11.9 Å². The van der Waals surface area contributed by atoms with Gasteiger partial charge in [-0.25, -0.2) is 15.0 Å². The lowest BCUT2D eigenvalue weighted by Crippen LogP contribution is -2.47. The van der Waals surface area contributed by atoms with Crippen LogP contribution in [0.4, 0.5) is 5.95 Å². The van der Waals surface area contributed by atoms with Gasteiger partial charge in [-0.15, -0.1) is 0 Å². The quantitative estimate of drug-likeness (QED) is 0.819. The molecular weight excluding hydrogens is 218 g/mol. The van der Waals surface area contributed by atoms with E-state index in [1.54, 1.807) is 4.90 Å². The number of piperidine rings is 1. The van der Waals surface area contributed by atoms with Gasteiger partial charge in [-0.05, 0) is 25.9 Å². The van der Waals surface area contributed by atoms with Crippen molar-refractivity contribution in [2.45, 2.75) is 32.2 Å². The molecule has 0 atom stereocenters. The van der Waals surface area contributed by atoms with Crippen molar-refractivity contribution in [2.75, 3.05) is 18.0 Å². The fourth-order valence-corrected chi connectivity index (χ4v) is 2.07. The predicted molar refractivity (Wildman–Crippen MR) is 63.5 cm³/mol. The molecule has 1 saturated heterocycles. The van der Waals surface area contributed by atoms with Gasteiger partial charge in [0.25, 0.3) is 0 Å². The summed E-state index contributed by atoms with van der Waals surface area (Å²) >= 11 is 0. The molecule has 92 valence electrons. The number of carbonyl (C=O) groups is 1. The summed E-state index contributed by atoms with van der Waals surface area (Å²) < 4.78 is 0. The molecule has 2 heterocycles. The van der Waals surface area contributed by atoms with Gasteiger partial charge in [0.15, 0.2) is 0 Å². The SMILES string of the molecule is CCC(=O)N(c1ncncn1)C1CCNCC1. The number of rotatable bonds is 3. The van der Waals surface area contributed by atoms with Crippen LogP contribution in [0, 0.1) is 0 Å². The molecule has 17 heavy (non-hydrogen) atoms. The summed E-state index contributed by atoms with van der Waals surface area (Å²) in [5.41, 5.74) is 0. The first-order valence-electron chi connectivity index (χ1n) is 5.97. The molecule has 0 radical (unpaired) electrons. The molecule has 1 amide bonds. The molecule has 1 aromatic rings. The average molecular weight is 235 g/mol. The van der Waals surface area contributed by atoms with Crippen LogP contribution in [0.1, 0.15) is 26.2 Å². The van der Waals surface area contributed by atoms with Gasteiger partial charge < -0.3 is 5.32 Å². The summed E-state index contributed by atoms with van der Waals surface area (Å²) in [4.78, 5) is 25.7. The zero-order valence-electron chi connectivity index (χ0n) is 9.96. The first-order chi connectivity index (χ1) is 8.33. The Balaban J connectivity index is 2.21. The molecule has 0 saturated carbocycles. The average Bonchev–Trinajstić information content (AvgIpc) is 2.41. The van der Waals surface area contributed by atoms with Crippen LogP contribution in [0.5, 0.6) is 0 Å². The monoisotopic (exact) mass is 235 g/mol. The second kappa shape index (κ2) is 5.67. The number of amides is 1. The van der Waals surface area contributed by atoms with Crippen molar-refractivity contribution in [3.05, 3.63) is 12.7 Å². The van der Waals surface area contributed by atoms with Crippen molar-refractivity contribution >= 4 is 11.9 Å². The Morgan fingerprint density at radius 3 is 2.65 bits per heavy atom. The van der Waals surface area contributed by atoms with Crippen LogP contribution >= 0.6 is 0 Å². The van der Waals surface area contributed by atoms with Crippen LogP contribution in [0.25, 0.3) is 0 Å². The van der Waals surface area contributed by atoms with E-state index < -0.39 is 0 Å². The molecule has 0 aromatic carbocycles. The number of hydrogen-bond acceptors (Lipinski definition) is 5. The van der Waals surface area contributed by atoms with E-state index in [1.807, 2.05) is 6.92 Å². The van der Waals surface area contributed by atoms with E-state index in [4.69, 9.17) is 0 Å². The number of nitrogens with zero attached hydrogens (tertiary/aromatic N) is 4. The Morgan fingerprint density at radius 1 is 1.41 bits per heavy atom. The topological polar surface area (TPSA) is 71.0 Å². The summed E-state index contributed by atoms with van der Waals surface area (Å²) in [5.74, 6) is 0.543. The maximum atomic E-state index is 12.0. The lowest BCUT2D eigenvalue weighted by Gasteiger charge is -2.32. The first-order valence-corrected chi connectivity index (χ1v) is 5.97. The predicted octanol–water partition coefficient (Wildman–Crippen LogP) is 0.367. The van der Waals surface area contributed by atoms with E-state index in [1.165, 1.54) is 12.7 Å². The minimum Gasteiger partial charge on any atom is -0.317 e. The third-order valence-electron chi connectivity index (χ3n) is 2.94. The molecule has 1 aliphatic heterocycles. The third-order valence-corrected chi connectivity index (χ3v) is 2.94. The standard InChI is InChI=1S/C11H17N5O/c1-2-10(17)16(9-3-5-12-6-4-9)11-14-7-13-8-15-11/h7-9,12H,2-6H2,1H3. The molecule has 6 heteroatoms. The molecule has 1 aliphatic rings. The molecule has 1 fully saturated rings. The Bertz CT molecular complexity index is 363. The minimum atomic E-state index is 0.0723. The van der Waals surface area contributed by atoms with Gasteiger partial charge in [0, 0.05) is 12.5 Å². The van der Waals surface area contributed by atoms with Crippen molar-refractivity contribution < 1.29 is 4.79 Å². The summed E-state index contributed by atoms with van der Waals surface area (Å²) in [6, 6.07) is 0.200. The summed E-state index contributed by atoms with van der Waals surface area (Å²) in [6.45, 7) is 3.73. The van der Waals surface area contributed by atoms with Gasteiger partial charge in [-0.3, -0.25) is 9.69 Å². The van der Waals surface area contributed by atoms with Crippen LogP contribution in [-0.2, 0) is 4.79 Å². The molecular formula is C11H17N5O. The molecule has 1 aromatic heterocycles. The van der Waals surface area contributed by atoms with E-state index in [-0.39, 0.29) is 11.9 Å². The zero-order chi connectivity index (χ0) is 12.1. The normalized spacial score (nSPS) is 16.8. The highest BCUT2D eigenvalue weighted by Gasteiger charge is 2.27. The van der Waals surface area contributed by atoms with Crippen LogP contribution in [0.2, 0.25) is 0 Å². The number of anilines is 1. The van der Waals surface area contributed by atoms with Gasteiger partial charge in [-0.1, -0.05) is 6.92 Å². The Hall–Kier alpha value is -1.56. The van der Waals surface area contributed by atoms with Gasteiger partial charge >= 0.3 is 0 Å². The van der Waals surface area contributed by atoms with Crippen molar-refractivity contribution in [1.29, 1.82) is 0 Å².